The molecule has 0 aromatic heterocycles. The third kappa shape index (κ3) is 3.46. The van der Waals surface area contributed by atoms with Crippen molar-refractivity contribution >= 4 is 23.0 Å². The number of carbonyl (C=O) groups excluding carboxylic acids is 1. The van der Waals surface area contributed by atoms with Crippen LogP contribution in [0.15, 0.2) is 36.4 Å². The number of nitro benzene ring substituents is 2. The van der Waals surface area contributed by atoms with E-state index in [1.54, 1.807) is 6.92 Å². The summed E-state index contributed by atoms with van der Waals surface area (Å²) in [6.07, 6.45) is 0. The molecule has 124 valence electrons. The highest BCUT2D eigenvalue weighted by Gasteiger charge is 2.19. The number of nitrogens with zero attached hydrogens (tertiary/aromatic N) is 2. The first kappa shape index (κ1) is 16.9. The zero-order chi connectivity index (χ0) is 17.9. The van der Waals surface area contributed by atoms with Crippen LogP contribution in [0.25, 0.3) is 0 Å². The predicted octanol–water partition coefficient (Wildman–Crippen LogP) is 3.07. The van der Waals surface area contributed by atoms with Crippen LogP contribution in [-0.2, 0) is 0 Å². The molecule has 1 N–H and O–H groups in total. The van der Waals surface area contributed by atoms with Crippen molar-refractivity contribution in [2.24, 2.45) is 0 Å². The van der Waals surface area contributed by atoms with Gasteiger partial charge in [-0.1, -0.05) is 0 Å². The van der Waals surface area contributed by atoms with Crippen molar-refractivity contribution in [1.82, 2.24) is 0 Å². The number of anilines is 1. The smallest absolute Gasteiger partial charge is 0.296 e. The van der Waals surface area contributed by atoms with Gasteiger partial charge in [0.25, 0.3) is 17.3 Å². The summed E-state index contributed by atoms with van der Waals surface area (Å²) in [5.74, 6) is -0.318. The van der Waals surface area contributed by atoms with Crippen LogP contribution < -0.4 is 10.1 Å². The standard InChI is InChI=1S/C15H13N3O6/c1-9-7-10(17(20)21)3-5-12(9)15(19)16-13-6-4-11(24-2)8-14(13)18(22)23/h3-8H,1-2H3,(H,16,19). The lowest BCUT2D eigenvalue weighted by Crippen LogP contribution is -2.14. The number of hydrogen-bond donors (Lipinski definition) is 1. The van der Waals surface area contributed by atoms with Crippen LogP contribution in [0, 0.1) is 27.2 Å². The average Bonchev–Trinajstić information content (AvgIpc) is 2.54. The Morgan fingerprint density at radius 1 is 1.08 bits per heavy atom. The lowest BCUT2D eigenvalue weighted by Gasteiger charge is -2.09. The molecule has 2 aromatic rings. The third-order valence-corrected chi connectivity index (χ3v) is 3.32. The Morgan fingerprint density at radius 3 is 2.33 bits per heavy atom. The van der Waals surface area contributed by atoms with E-state index >= 15 is 0 Å². The molecule has 24 heavy (non-hydrogen) atoms. The molecule has 2 aromatic carbocycles. The van der Waals surface area contributed by atoms with Gasteiger partial charge in [0.1, 0.15) is 11.4 Å². The molecule has 0 saturated heterocycles. The number of aryl methyl sites for hydroxylation is 1. The van der Waals surface area contributed by atoms with E-state index < -0.39 is 15.8 Å². The van der Waals surface area contributed by atoms with Crippen LogP contribution >= 0.6 is 0 Å². The average molecular weight is 331 g/mol. The molecule has 0 aliphatic heterocycles. The number of methoxy groups -OCH3 is 1. The molecule has 0 spiro atoms. The van der Waals surface area contributed by atoms with Gasteiger partial charge >= 0.3 is 0 Å². The summed E-state index contributed by atoms with van der Waals surface area (Å²) in [5, 5.41) is 24.3. The van der Waals surface area contributed by atoms with Crippen molar-refractivity contribution in [3.8, 4) is 5.75 Å². The van der Waals surface area contributed by atoms with Gasteiger partial charge in [-0.15, -0.1) is 0 Å². The second-order valence-corrected chi connectivity index (χ2v) is 4.85. The molecule has 0 aliphatic rings. The van der Waals surface area contributed by atoms with Crippen molar-refractivity contribution in [2.45, 2.75) is 6.92 Å². The van der Waals surface area contributed by atoms with Crippen molar-refractivity contribution in [2.75, 3.05) is 12.4 Å². The Labute approximate surface area is 136 Å². The van der Waals surface area contributed by atoms with Crippen LogP contribution in [0.2, 0.25) is 0 Å². The lowest BCUT2D eigenvalue weighted by molar-refractivity contribution is -0.384. The Hall–Kier alpha value is -3.49. The molecular weight excluding hydrogens is 318 g/mol. The number of amides is 1. The van der Waals surface area contributed by atoms with Gasteiger partial charge in [-0.3, -0.25) is 25.0 Å². The molecule has 9 nitrogen and oxygen atoms in total. The number of ether oxygens (including phenoxy) is 1. The fourth-order valence-electron chi connectivity index (χ4n) is 2.10. The van der Waals surface area contributed by atoms with Crippen LogP contribution in [0.4, 0.5) is 17.1 Å². The van der Waals surface area contributed by atoms with E-state index in [9.17, 15) is 25.0 Å². The Kier molecular flexibility index (Phi) is 4.73. The largest absolute Gasteiger partial charge is 0.496 e. The number of benzene rings is 2. The monoisotopic (exact) mass is 331 g/mol. The summed E-state index contributed by atoms with van der Waals surface area (Å²) in [7, 11) is 1.37. The van der Waals surface area contributed by atoms with Crippen LogP contribution in [0.3, 0.4) is 0 Å². The van der Waals surface area contributed by atoms with Crippen molar-refractivity contribution in [3.63, 3.8) is 0 Å². The van der Waals surface area contributed by atoms with Gasteiger partial charge in [0.15, 0.2) is 0 Å². The SMILES string of the molecule is COc1ccc(NC(=O)c2ccc([N+](=O)[O-])cc2C)c([N+](=O)[O-])c1. The predicted molar refractivity (Wildman–Crippen MR) is 85.4 cm³/mol. The van der Waals surface area contributed by atoms with E-state index in [1.807, 2.05) is 0 Å². The molecule has 0 unspecified atom stereocenters. The molecule has 2 rings (SSSR count). The maximum Gasteiger partial charge on any atom is 0.296 e. The van der Waals surface area contributed by atoms with E-state index in [0.29, 0.717) is 5.56 Å². The first-order valence-corrected chi connectivity index (χ1v) is 6.72. The number of nitrogens with one attached hydrogen (secondary N) is 1. The van der Waals surface area contributed by atoms with E-state index in [-0.39, 0.29) is 28.4 Å². The molecule has 0 saturated carbocycles. The first-order valence-electron chi connectivity index (χ1n) is 6.72. The lowest BCUT2D eigenvalue weighted by atomic mass is 10.1. The zero-order valence-corrected chi connectivity index (χ0v) is 12.8. The number of nitro groups is 2. The summed E-state index contributed by atoms with van der Waals surface area (Å²) in [4.78, 5) is 32.9. The van der Waals surface area contributed by atoms with E-state index in [1.165, 1.54) is 43.5 Å². The molecule has 0 heterocycles. The molecule has 1 amide bonds. The van der Waals surface area contributed by atoms with Gasteiger partial charge in [0.2, 0.25) is 0 Å². The van der Waals surface area contributed by atoms with E-state index in [0.717, 1.165) is 0 Å². The third-order valence-electron chi connectivity index (χ3n) is 3.32. The molecule has 0 aliphatic carbocycles. The van der Waals surface area contributed by atoms with Gasteiger partial charge in [-0.2, -0.15) is 0 Å². The van der Waals surface area contributed by atoms with Gasteiger partial charge in [-0.25, -0.2) is 0 Å². The van der Waals surface area contributed by atoms with Crippen LogP contribution in [0.5, 0.6) is 5.75 Å². The minimum absolute atomic E-state index is 0.00329. The molecule has 0 fully saturated rings. The highest BCUT2D eigenvalue weighted by molar-refractivity contribution is 6.06. The quantitative estimate of drug-likeness (QED) is 0.663. The van der Waals surface area contributed by atoms with Crippen LogP contribution in [0.1, 0.15) is 15.9 Å². The molecular formula is C15H13N3O6. The van der Waals surface area contributed by atoms with Gasteiger partial charge < -0.3 is 10.1 Å². The number of non-ortho nitro benzene ring substituents is 1. The highest BCUT2D eigenvalue weighted by Crippen LogP contribution is 2.29. The Bertz CT molecular complexity index is 834. The molecule has 9 heteroatoms. The highest BCUT2D eigenvalue weighted by atomic mass is 16.6. The van der Waals surface area contributed by atoms with E-state index in [2.05, 4.69) is 5.32 Å². The molecule has 0 atom stereocenters. The summed E-state index contributed by atoms with van der Waals surface area (Å²) in [6, 6.07) is 7.79. The number of rotatable bonds is 5. The zero-order valence-electron chi connectivity index (χ0n) is 12.8. The van der Waals surface area contributed by atoms with Crippen molar-refractivity contribution in [3.05, 3.63) is 67.8 Å². The normalized spacial score (nSPS) is 10.1. The number of hydrogen-bond acceptors (Lipinski definition) is 6. The van der Waals surface area contributed by atoms with Crippen molar-refractivity contribution in [1.29, 1.82) is 0 Å². The fourth-order valence-corrected chi connectivity index (χ4v) is 2.10. The number of carbonyl (C=O) groups is 1. The minimum atomic E-state index is -0.638. The minimum Gasteiger partial charge on any atom is -0.496 e. The molecule has 0 bridgehead atoms. The summed E-state index contributed by atoms with van der Waals surface area (Å²) < 4.78 is 4.92. The summed E-state index contributed by atoms with van der Waals surface area (Å²) in [5.41, 5.74) is 0.119. The van der Waals surface area contributed by atoms with Gasteiger partial charge in [-0.05, 0) is 30.7 Å². The van der Waals surface area contributed by atoms with E-state index in [4.69, 9.17) is 4.74 Å². The van der Waals surface area contributed by atoms with Crippen LogP contribution in [-0.4, -0.2) is 22.9 Å². The second-order valence-electron chi connectivity index (χ2n) is 4.85. The fraction of sp³-hybridized carbons (Fsp3) is 0.133. The Morgan fingerprint density at radius 2 is 1.79 bits per heavy atom. The Balaban J connectivity index is 2.33. The second kappa shape index (κ2) is 6.73. The maximum absolute atomic E-state index is 12.3. The molecule has 0 radical (unpaired) electrons. The van der Waals surface area contributed by atoms with Gasteiger partial charge in [0.05, 0.1) is 23.0 Å². The maximum atomic E-state index is 12.3. The summed E-state index contributed by atoms with van der Waals surface area (Å²) >= 11 is 0. The van der Waals surface area contributed by atoms with Crippen molar-refractivity contribution < 1.29 is 19.4 Å². The first-order chi connectivity index (χ1) is 11.3. The van der Waals surface area contributed by atoms with Gasteiger partial charge in [0, 0.05) is 17.7 Å². The topological polar surface area (TPSA) is 125 Å². The summed E-state index contributed by atoms with van der Waals surface area (Å²) in [6.45, 7) is 1.55.